The number of hydrogen-bond acceptors (Lipinski definition) is 3. The quantitative estimate of drug-likeness (QED) is 0.402. The van der Waals surface area contributed by atoms with Crippen LogP contribution < -0.4 is 0 Å². The van der Waals surface area contributed by atoms with Crippen molar-refractivity contribution in [3.63, 3.8) is 0 Å². The van der Waals surface area contributed by atoms with Crippen LogP contribution in [0.3, 0.4) is 0 Å². The predicted octanol–water partition coefficient (Wildman–Crippen LogP) is 4.86. The van der Waals surface area contributed by atoms with Crippen LogP contribution in [-0.4, -0.2) is 37.0 Å². The summed E-state index contributed by atoms with van der Waals surface area (Å²) in [6.45, 7) is 8.79. The van der Waals surface area contributed by atoms with E-state index in [4.69, 9.17) is 9.84 Å². The van der Waals surface area contributed by atoms with Gasteiger partial charge in [0.2, 0.25) is 0 Å². The molecule has 0 aliphatic carbocycles. The van der Waals surface area contributed by atoms with E-state index >= 15 is 0 Å². The zero-order valence-corrected chi connectivity index (χ0v) is 14.7. The second kappa shape index (κ2) is 11.1. The summed E-state index contributed by atoms with van der Waals surface area (Å²) in [4.78, 5) is 0. The van der Waals surface area contributed by atoms with Crippen molar-refractivity contribution in [2.45, 2.75) is 84.6 Å². The van der Waals surface area contributed by atoms with Gasteiger partial charge >= 0.3 is 0 Å². The SMILES string of the molecule is CCCCC/C(=N/N1CCC[C@H]1COC)[C@H](CC)CCC. The van der Waals surface area contributed by atoms with Gasteiger partial charge in [0.05, 0.1) is 12.6 Å². The monoisotopic (exact) mass is 296 g/mol. The average Bonchev–Trinajstić information content (AvgIpc) is 2.92. The maximum atomic E-state index is 5.36. The number of ether oxygens (including phenoxy) is 1. The summed E-state index contributed by atoms with van der Waals surface area (Å²) in [5.74, 6) is 0.677. The lowest BCUT2D eigenvalue weighted by molar-refractivity contribution is 0.117. The fourth-order valence-corrected chi connectivity index (χ4v) is 3.33. The Morgan fingerprint density at radius 3 is 2.67 bits per heavy atom. The average molecular weight is 296 g/mol. The summed E-state index contributed by atoms with van der Waals surface area (Å²) < 4.78 is 5.36. The fourth-order valence-electron chi connectivity index (χ4n) is 3.33. The molecular formula is C18H36N2O. The lowest BCUT2D eigenvalue weighted by Crippen LogP contribution is -2.31. The van der Waals surface area contributed by atoms with Gasteiger partial charge in [0, 0.05) is 19.4 Å². The van der Waals surface area contributed by atoms with Crippen LogP contribution in [0, 0.1) is 5.92 Å². The van der Waals surface area contributed by atoms with Crippen molar-refractivity contribution in [1.82, 2.24) is 5.01 Å². The van der Waals surface area contributed by atoms with Crippen LogP contribution in [0.1, 0.15) is 78.6 Å². The van der Waals surface area contributed by atoms with Gasteiger partial charge < -0.3 is 4.74 Å². The molecule has 21 heavy (non-hydrogen) atoms. The second-order valence-electron chi connectivity index (χ2n) is 6.36. The molecule has 0 radical (unpaired) electrons. The van der Waals surface area contributed by atoms with Gasteiger partial charge in [-0.25, -0.2) is 0 Å². The van der Waals surface area contributed by atoms with Crippen molar-refractivity contribution >= 4 is 5.71 Å². The summed E-state index contributed by atoms with van der Waals surface area (Å²) in [6.07, 6.45) is 11.3. The van der Waals surface area contributed by atoms with Crippen molar-refractivity contribution in [2.75, 3.05) is 20.3 Å². The van der Waals surface area contributed by atoms with Crippen molar-refractivity contribution in [3.8, 4) is 0 Å². The maximum Gasteiger partial charge on any atom is 0.0704 e. The highest BCUT2D eigenvalue weighted by Gasteiger charge is 2.24. The lowest BCUT2D eigenvalue weighted by Gasteiger charge is -2.25. The summed E-state index contributed by atoms with van der Waals surface area (Å²) in [7, 11) is 1.80. The zero-order valence-electron chi connectivity index (χ0n) is 14.7. The van der Waals surface area contributed by atoms with Crippen LogP contribution >= 0.6 is 0 Å². The van der Waals surface area contributed by atoms with Crippen LogP contribution in [0.15, 0.2) is 5.10 Å². The van der Waals surface area contributed by atoms with Crippen molar-refractivity contribution in [2.24, 2.45) is 11.0 Å². The molecule has 3 heteroatoms. The first-order valence-electron chi connectivity index (χ1n) is 9.09. The highest BCUT2D eigenvalue weighted by molar-refractivity contribution is 5.86. The summed E-state index contributed by atoms with van der Waals surface area (Å²) in [5, 5.41) is 7.43. The third kappa shape index (κ3) is 6.37. The molecule has 1 aliphatic rings. The molecular weight excluding hydrogens is 260 g/mol. The van der Waals surface area contributed by atoms with Crippen molar-refractivity contribution < 1.29 is 4.74 Å². The van der Waals surface area contributed by atoms with Crippen LogP contribution in [0.2, 0.25) is 0 Å². The number of rotatable bonds is 11. The molecule has 1 rings (SSSR count). The summed E-state index contributed by atoms with van der Waals surface area (Å²) in [5.41, 5.74) is 1.45. The smallest absolute Gasteiger partial charge is 0.0704 e. The van der Waals surface area contributed by atoms with E-state index in [0.29, 0.717) is 12.0 Å². The van der Waals surface area contributed by atoms with Crippen LogP contribution in [0.4, 0.5) is 0 Å². The van der Waals surface area contributed by atoms with Crippen LogP contribution in [0.5, 0.6) is 0 Å². The highest BCUT2D eigenvalue weighted by Crippen LogP contribution is 2.23. The Balaban J connectivity index is 2.74. The predicted molar refractivity (Wildman–Crippen MR) is 91.9 cm³/mol. The Kier molecular flexibility index (Phi) is 9.73. The normalized spacial score (nSPS) is 21.0. The molecule has 0 spiro atoms. The van der Waals surface area contributed by atoms with Gasteiger partial charge in [-0.2, -0.15) is 5.10 Å². The molecule has 2 atom stereocenters. The molecule has 1 fully saturated rings. The highest BCUT2D eigenvalue weighted by atomic mass is 16.5. The van der Waals surface area contributed by atoms with Crippen LogP contribution in [0.25, 0.3) is 0 Å². The summed E-state index contributed by atoms with van der Waals surface area (Å²) in [6, 6.07) is 0.496. The standard InChI is InChI=1S/C18H36N2O/c1-5-8-9-13-18(16(7-3)11-6-2)19-20-14-10-12-17(20)15-21-4/h16-17H,5-15H2,1-4H3/b19-18-/t16-,17+/m1/s1. The molecule has 0 aromatic carbocycles. The number of nitrogens with zero attached hydrogens (tertiary/aromatic N) is 2. The van der Waals surface area contributed by atoms with Gasteiger partial charge in [-0.15, -0.1) is 0 Å². The lowest BCUT2D eigenvalue weighted by atomic mass is 9.92. The Bertz CT molecular complexity index is 291. The van der Waals surface area contributed by atoms with E-state index < -0.39 is 0 Å². The minimum atomic E-state index is 0.496. The third-order valence-corrected chi connectivity index (χ3v) is 4.60. The molecule has 1 saturated heterocycles. The largest absolute Gasteiger partial charge is 0.382 e. The molecule has 0 aromatic heterocycles. The number of hydrazone groups is 1. The van der Waals surface area contributed by atoms with Gasteiger partial charge in [0.15, 0.2) is 0 Å². The summed E-state index contributed by atoms with van der Waals surface area (Å²) >= 11 is 0. The molecule has 0 bridgehead atoms. The molecule has 1 heterocycles. The van der Waals surface area contributed by atoms with Crippen LogP contribution in [-0.2, 0) is 4.74 Å². The Morgan fingerprint density at radius 2 is 2.05 bits per heavy atom. The number of unbranched alkanes of at least 4 members (excludes halogenated alkanes) is 2. The van der Waals surface area contributed by atoms with Gasteiger partial charge in [0.1, 0.15) is 0 Å². The molecule has 0 aromatic rings. The van der Waals surface area contributed by atoms with E-state index in [0.717, 1.165) is 13.2 Å². The molecule has 3 nitrogen and oxygen atoms in total. The minimum absolute atomic E-state index is 0.496. The van der Waals surface area contributed by atoms with Crippen molar-refractivity contribution in [1.29, 1.82) is 0 Å². The molecule has 0 saturated carbocycles. The maximum absolute atomic E-state index is 5.36. The zero-order chi connectivity index (χ0) is 15.5. The topological polar surface area (TPSA) is 24.8 Å². The Hall–Kier alpha value is -0.570. The first kappa shape index (κ1) is 18.5. The molecule has 124 valence electrons. The van der Waals surface area contributed by atoms with E-state index in [2.05, 4.69) is 25.8 Å². The molecule has 0 unspecified atom stereocenters. The minimum Gasteiger partial charge on any atom is -0.382 e. The van der Waals surface area contributed by atoms with E-state index in [1.165, 1.54) is 63.5 Å². The fraction of sp³-hybridized carbons (Fsp3) is 0.944. The third-order valence-electron chi connectivity index (χ3n) is 4.60. The van der Waals surface area contributed by atoms with Gasteiger partial charge in [-0.05, 0) is 44.4 Å². The molecule has 0 N–H and O–H groups in total. The van der Waals surface area contributed by atoms with Gasteiger partial charge in [0.25, 0.3) is 0 Å². The molecule has 1 aliphatic heterocycles. The number of hydrogen-bond donors (Lipinski definition) is 0. The number of methoxy groups -OCH3 is 1. The first-order chi connectivity index (χ1) is 10.3. The second-order valence-corrected chi connectivity index (χ2v) is 6.36. The van der Waals surface area contributed by atoms with Gasteiger partial charge in [-0.3, -0.25) is 5.01 Å². The van der Waals surface area contributed by atoms with Gasteiger partial charge in [-0.1, -0.05) is 40.0 Å². The Labute approximate surface area is 132 Å². The Morgan fingerprint density at radius 1 is 1.24 bits per heavy atom. The van der Waals surface area contributed by atoms with Crippen molar-refractivity contribution in [3.05, 3.63) is 0 Å². The van der Waals surface area contributed by atoms with E-state index in [9.17, 15) is 0 Å². The molecule has 0 amide bonds. The van der Waals surface area contributed by atoms with E-state index in [1.807, 2.05) is 0 Å². The first-order valence-corrected chi connectivity index (χ1v) is 9.09. The van der Waals surface area contributed by atoms with E-state index in [1.54, 1.807) is 7.11 Å². The van der Waals surface area contributed by atoms with E-state index in [-0.39, 0.29) is 0 Å².